The van der Waals surface area contributed by atoms with Crippen molar-refractivity contribution in [2.24, 2.45) is 0 Å². The van der Waals surface area contributed by atoms with E-state index in [0.29, 0.717) is 11.6 Å². The van der Waals surface area contributed by atoms with E-state index >= 15 is 0 Å². The number of halogens is 3. The van der Waals surface area contributed by atoms with Crippen LogP contribution in [0.25, 0.3) is 11.3 Å². The minimum Gasteiger partial charge on any atom is -0.389 e. The van der Waals surface area contributed by atoms with Gasteiger partial charge >= 0.3 is 6.18 Å². The minimum atomic E-state index is -4.61. The smallest absolute Gasteiger partial charge is 0.389 e. The quantitative estimate of drug-likeness (QED) is 0.941. The van der Waals surface area contributed by atoms with Crippen molar-refractivity contribution in [2.75, 3.05) is 0 Å². The second-order valence-electron chi connectivity index (χ2n) is 6.26. The summed E-state index contributed by atoms with van der Waals surface area (Å²) in [6.45, 7) is 2.58. The first-order chi connectivity index (χ1) is 10.1. The molecule has 0 bridgehead atoms. The maximum absolute atomic E-state index is 13.4. The van der Waals surface area contributed by atoms with Gasteiger partial charge in [0.05, 0.1) is 29.6 Å². The van der Waals surface area contributed by atoms with Gasteiger partial charge in [-0.2, -0.15) is 18.3 Å². The van der Waals surface area contributed by atoms with Gasteiger partial charge < -0.3 is 9.63 Å². The molecule has 8 heteroatoms. The van der Waals surface area contributed by atoms with Crippen LogP contribution in [0.4, 0.5) is 13.2 Å². The zero-order chi connectivity index (χ0) is 16.1. The van der Waals surface area contributed by atoms with Crippen molar-refractivity contribution in [2.45, 2.75) is 50.9 Å². The summed E-state index contributed by atoms with van der Waals surface area (Å²) in [4.78, 5) is 0. The molecule has 0 aromatic carbocycles. The van der Waals surface area contributed by atoms with Gasteiger partial charge in [-0.25, -0.2) is 0 Å². The Labute approximate surface area is 124 Å². The summed E-state index contributed by atoms with van der Waals surface area (Å²) < 4.78 is 46.0. The van der Waals surface area contributed by atoms with E-state index in [1.807, 2.05) is 0 Å². The number of aromatic nitrogens is 3. The highest BCUT2D eigenvalue weighted by Gasteiger charge is 2.40. The number of rotatable bonds is 4. The van der Waals surface area contributed by atoms with Gasteiger partial charge in [-0.1, -0.05) is 5.16 Å². The summed E-state index contributed by atoms with van der Waals surface area (Å²) >= 11 is 0. The van der Waals surface area contributed by atoms with Gasteiger partial charge in [-0.3, -0.25) is 4.68 Å². The van der Waals surface area contributed by atoms with Gasteiger partial charge in [-0.05, 0) is 26.7 Å². The molecule has 1 aliphatic rings. The SMILES string of the molecule is CC(C)(O)Cn1ncc(-c2cc(C3CC3)no2)c1C(F)(F)F. The van der Waals surface area contributed by atoms with Crippen LogP contribution in [-0.4, -0.2) is 25.6 Å². The number of hydrogen-bond acceptors (Lipinski definition) is 4. The molecule has 0 spiro atoms. The monoisotopic (exact) mass is 315 g/mol. The van der Waals surface area contributed by atoms with E-state index in [0.717, 1.165) is 23.7 Å². The van der Waals surface area contributed by atoms with Crippen LogP contribution in [0.15, 0.2) is 16.8 Å². The maximum atomic E-state index is 13.4. The molecule has 2 aromatic rings. The number of aliphatic hydroxyl groups is 1. The van der Waals surface area contributed by atoms with Gasteiger partial charge in [0, 0.05) is 12.0 Å². The van der Waals surface area contributed by atoms with E-state index in [9.17, 15) is 18.3 Å². The molecule has 3 rings (SSSR count). The van der Waals surface area contributed by atoms with Gasteiger partial charge in [0.15, 0.2) is 11.5 Å². The Balaban J connectivity index is 2.02. The first kappa shape index (κ1) is 15.1. The average Bonchev–Trinajstić information content (AvgIpc) is 2.93. The third kappa shape index (κ3) is 3.01. The van der Waals surface area contributed by atoms with Crippen LogP contribution in [0.5, 0.6) is 0 Å². The molecule has 0 saturated heterocycles. The Bertz CT molecular complexity index is 678. The van der Waals surface area contributed by atoms with Crippen LogP contribution in [0.1, 0.15) is 44.0 Å². The molecule has 22 heavy (non-hydrogen) atoms. The van der Waals surface area contributed by atoms with Crippen LogP contribution >= 0.6 is 0 Å². The van der Waals surface area contributed by atoms with Gasteiger partial charge in [0.25, 0.3) is 0 Å². The Kier molecular flexibility index (Phi) is 3.32. The van der Waals surface area contributed by atoms with Crippen LogP contribution in [0, 0.1) is 0 Å². The highest BCUT2D eigenvalue weighted by Crippen LogP contribution is 2.42. The van der Waals surface area contributed by atoms with Crippen molar-refractivity contribution < 1.29 is 22.8 Å². The van der Waals surface area contributed by atoms with E-state index in [2.05, 4.69) is 10.3 Å². The molecule has 2 heterocycles. The van der Waals surface area contributed by atoms with Gasteiger partial charge in [0.1, 0.15) is 0 Å². The summed E-state index contributed by atoms with van der Waals surface area (Å²) in [6, 6.07) is 1.54. The normalized spacial score (nSPS) is 16.3. The molecule has 1 fully saturated rings. The van der Waals surface area contributed by atoms with E-state index in [1.54, 1.807) is 6.07 Å². The van der Waals surface area contributed by atoms with Crippen molar-refractivity contribution >= 4 is 0 Å². The van der Waals surface area contributed by atoms with Crippen LogP contribution < -0.4 is 0 Å². The Hall–Kier alpha value is -1.83. The van der Waals surface area contributed by atoms with Crippen LogP contribution in [-0.2, 0) is 12.7 Å². The lowest BCUT2D eigenvalue weighted by molar-refractivity contribution is -0.144. The van der Waals surface area contributed by atoms with Crippen molar-refractivity contribution in [3.8, 4) is 11.3 Å². The molecule has 2 aromatic heterocycles. The van der Waals surface area contributed by atoms with Gasteiger partial charge in [-0.15, -0.1) is 0 Å². The fourth-order valence-electron chi connectivity index (χ4n) is 2.34. The minimum absolute atomic E-state index is 0.0521. The largest absolute Gasteiger partial charge is 0.433 e. The molecule has 0 amide bonds. The standard InChI is InChI=1S/C14H16F3N3O2/c1-13(2,21)7-20-12(14(15,16)17)9(6-18-20)11-5-10(19-22-11)8-3-4-8/h5-6,8,21H,3-4,7H2,1-2H3. The fraction of sp³-hybridized carbons (Fsp3) is 0.571. The first-order valence-corrected chi connectivity index (χ1v) is 6.97. The second kappa shape index (κ2) is 4.84. The summed E-state index contributed by atoms with van der Waals surface area (Å²) in [6.07, 6.45) is -1.54. The summed E-state index contributed by atoms with van der Waals surface area (Å²) in [5, 5.41) is 17.4. The molecule has 1 aliphatic carbocycles. The molecule has 0 unspecified atom stereocenters. The lowest BCUT2D eigenvalue weighted by Crippen LogP contribution is -2.29. The van der Waals surface area contributed by atoms with E-state index in [4.69, 9.17) is 4.52 Å². The predicted octanol–water partition coefficient (Wildman–Crippen LogP) is 3.21. The van der Waals surface area contributed by atoms with Crippen molar-refractivity contribution in [3.05, 3.63) is 23.7 Å². The van der Waals surface area contributed by atoms with Crippen LogP contribution in [0.2, 0.25) is 0 Å². The Morgan fingerprint density at radius 2 is 2.05 bits per heavy atom. The Morgan fingerprint density at radius 3 is 2.59 bits per heavy atom. The maximum Gasteiger partial charge on any atom is 0.433 e. The zero-order valence-corrected chi connectivity index (χ0v) is 12.2. The molecule has 0 radical (unpaired) electrons. The van der Waals surface area contributed by atoms with Crippen LogP contribution in [0.3, 0.4) is 0 Å². The lowest BCUT2D eigenvalue weighted by atomic mass is 10.1. The van der Waals surface area contributed by atoms with Crippen molar-refractivity contribution in [1.82, 2.24) is 14.9 Å². The molecule has 120 valence electrons. The average molecular weight is 315 g/mol. The van der Waals surface area contributed by atoms with Crippen molar-refractivity contribution in [1.29, 1.82) is 0 Å². The molecule has 1 N–H and O–H groups in total. The second-order valence-corrected chi connectivity index (χ2v) is 6.26. The number of alkyl halides is 3. The summed E-state index contributed by atoms with van der Waals surface area (Å²) in [5.74, 6) is 0.342. The highest BCUT2D eigenvalue weighted by molar-refractivity contribution is 5.61. The molecule has 5 nitrogen and oxygen atoms in total. The Morgan fingerprint density at radius 1 is 1.36 bits per heavy atom. The first-order valence-electron chi connectivity index (χ1n) is 6.97. The molecule has 0 atom stereocenters. The third-order valence-electron chi connectivity index (χ3n) is 3.43. The van der Waals surface area contributed by atoms with Gasteiger partial charge in [0.2, 0.25) is 0 Å². The number of nitrogens with zero attached hydrogens (tertiary/aromatic N) is 3. The number of hydrogen-bond donors (Lipinski definition) is 1. The molecular formula is C14H16F3N3O2. The molecular weight excluding hydrogens is 299 g/mol. The zero-order valence-electron chi connectivity index (χ0n) is 12.2. The highest BCUT2D eigenvalue weighted by atomic mass is 19.4. The van der Waals surface area contributed by atoms with E-state index in [1.165, 1.54) is 13.8 Å². The fourth-order valence-corrected chi connectivity index (χ4v) is 2.34. The summed E-state index contributed by atoms with van der Waals surface area (Å²) in [7, 11) is 0. The van der Waals surface area contributed by atoms with E-state index in [-0.39, 0.29) is 17.9 Å². The van der Waals surface area contributed by atoms with E-state index < -0.39 is 17.5 Å². The van der Waals surface area contributed by atoms with Crippen molar-refractivity contribution in [3.63, 3.8) is 0 Å². The summed E-state index contributed by atoms with van der Waals surface area (Å²) in [5.41, 5.74) is -1.73. The third-order valence-corrected chi connectivity index (χ3v) is 3.43. The topological polar surface area (TPSA) is 64.1 Å². The molecule has 0 aliphatic heterocycles. The lowest BCUT2D eigenvalue weighted by Gasteiger charge is -2.19. The predicted molar refractivity (Wildman–Crippen MR) is 71.0 cm³/mol. The molecule has 1 saturated carbocycles.